The van der Waals surface area contributed by atoms with Crippen LogP contribution in [-0.2, 0) is 6.42 Å². The smallest absolute Gasteiger partial charge is 0.255 e. The van der Waals surface area contributed by atoms with Gasteiger partial charge >= 0.3 is 0 Å². The second-order valence-electron chi connectivity index (χ2n) is 8.71. The molecule has 1 amide bonds. The van der Waals surface area contributed by atoms with E-state index in [2.05, 4.69) is 20.5 Å². The molecule has 0 saturated carbocycles. The van der Waals surface area contributed by atoms with E-state index in [9.17, 15) is 4.79 Å². The number of hydrogen-bond donors (Lipinski definition) is 0. The maximum Gasteiger partial charge on any atom is 0.255 e. The monoisotopic (exact) mass is 447 g/mol. The van der Waals surface area contributed by atoms with Gasteiger partial charge in [-0.1, -0.05) is 6.07 Å². The first-order valence-electron chi connectivity index (χ1n) is 11.6. The normalized spacial score (nSPS) is 16.0. The summed E-state index contributed by atoms with van der Waals surface area (Å²) in [4.78, 5) is 20.0. The fourth-order valence-electron chi connectivity index (χ4n) is 4.95. The second kappa shape index (κ2) is 10.1. The maximum atomic E-state index is 13.7. The molecule has 1 aromatic carbocycles. The lowest BCUT2D eigenvalue weighted by atomic mass is 9.95. The van der Waals surface area contributed by atoms with Crippen LogP contribution in [0.3, 0.4) is 0 Å². The fourth-order valence-corrected chi connectivity index (χ4v) is 4.95. The molecule has 1 fully saturated rings. The predicted octanol–water partition coefficient (Wildman–Crippen LogP) is 5.13. The van der Waals surface area contributed by atoms with Crippen LogP contribution in [0.25, 0.3) is 5.69 Å². The highest BCUT2D eigenvalue weighted by molar-refractivity contribution is 5.96. The van der Waals surface area contributed by atoms with Crippen molar-refractivity contribution in [1.82, 2.24) is 14.5 Å². The number of rotatable bonds is 7. The van der Waals surface area contributed by atoms with Gasteiger partial charge in [-0.05, 0) is 81.8 Å². The highest BCUT2D eigenvalue weighted by Crippen LogP contribution is 2.30. The van der Waals surface area contributed by atoms with Crippen LogP contribution in [-0.4, -0.2) is 47.2 Å². The van der Waals surface area contributed by atoms with Crippen molar-refractivity contribution in [2.45, 2.75) is 52.0 Å². The first-order chi connectivity index (χ1) is 16.0. The Morgan fingerprint density at radius 3 is 2.64 bits per heavy atom. The van der Waals surface area contributed by atoms with Crippen molar-refractivity contribution >= 4 is 5.91 Å². The molecule has 3 aromatic rings. The largest absolute Gasteiger partial charge is 0.493 e. The third-order valence-electron chi connectivity index (χ3n) is 6.67. The number of hydrogen-bond acceptors (Lipinski definition) is 4. The minimum absolute atomic E-state index is 0.134. The van der Waals surface area contributed by atoms with E-state index in [1.165, 1.54) is 5.56 Å². The minimum atomic E-state index is 0.134. The lowest BCUT2D eigenvalue weighted by molar-refractivity contribution is 0.0601. The van der Waals surface area contributed by atoms with Gasteiger partial charge in [-0.3, -0.25) is 9.78 Å². The van der Waals surface area contributed by atoms with Crippen LogP contribution < -0.4 is 9.47 Å². The number of pyridine rings is 1. The molecule has 6 nitrogen and oxygen atoms in total. The van der Waals surface area contributed by atoms with Crippen LogP contribution in [0.15, 0.2) is 48.8 Å². The van der Waals surface area contributed by atoms with E-state index in [-0.39, 0.29) is 11.9 Å². The predicted molar refractivity (Wildman–Crippen MR) is 130 cm³/mol. The van der Waals surface area contributed by atoms with E-state index in [0.29, 0.717) is 0 Å². The topological polar surface area (TPSA) is 56.6 Å². The molecule has 1 aliphatic heterocycles. The van der Waals surface area contributed by atoms with Crippen molar-refractivity contribution in [3.8, 4) is 17.2 Å². The quantitative estimate of drug-likeness (QED) is 0.504. The van der Waals surface area contributed by atoms with Gasteiger partial charge < -0.3 is 18.9 Å². The Balaban J connectivity index is 1.53. The Kier molecular flexibility index (Phi) is 7.02. The maximum absolute atomic E-state index is 13.7. The molecule has 1 aliphatic rings. The Hall–Kier alpha value is -3.28. The number of ether oxygens (including phenoxy) is 2. The summed E-state index contributed by atoms with van der Waals surface area (Å²) in [5.74, 6) is 1.62. The fraction of sp³-hybridized carbons (Fsp3) is 0.407. The molecule has 2 aromatic heterocycles. The van der Waals surface area contributed by atoms with Crippen molar-refractivity contribution in [2.24, 2.45) is 0 Å². The zero-order valence-corrected chi connectivity index (χ0v) is 20.0. The standard InChI is InChI=1S/C27H33N3O3/c1-19-16-24(20(2)30(19)23-9-7-14-28-18-23)27(31)29-15-6-5-8-22(29)12-10-21-11-13-25(32-3)26(17-21)33-4/h7,9,11,13-14,16-18,22H,5-6,8,10,12,15H2,1-4H3. The number of piperidine rings is 1. The zero-order chi connectivity index (χ0) is 23.4. The van der Waals surface area contributed by atoms with Gasteiger partial charge in [0.2, 0.25) is 0 Å². The molecule has 1 saturated heterocycles. The number of carbonyl (C=O) groups excluding carboxylic acids is 1. The number of nitrogens with zero attached hydrogens (tertiary/aromatic N) is 3. The van der Waals surface area contributed by atoms with E-state index >= 15 is 0 Å². The lowest BCUT2D eigenvalue weighted by Crippen LogP contribution is -2.44. The summed E-state index contributed by atoms with van der Waals surface area (Å²) in [6.45, 7) is 4.88. The van der Waals surface area contributed by atoms with E-state index in [1.807, 2.05) is 50.4 Å². The molecule has 3 heterocycles. The number of carbonyl (C=O) groups is 1. The van der Waals surface area contributed by atoms with Gasteiger partial charge in [-0.15, -0.1) is 0 Å². The summed E-state index contributed by atoms with van der Waals surface area (Å²) in [6.07, 6.45) is 8.68. The molecule has 174 valence electrons. The first-order valence-corrected chi connectivity index (χ1v) is 11.6. The molecule has 1 unspecified atom stereocenters. The summed E-state index contributed by atoms with van der Waals surface area (Å²) in [7, 11) is 3.31. The average molecular weight is 448 g/mol. The SMILES string of the molecule is COc1ccc(CCC2CCCCN2C(=O)c2cc(C)n(-c3cccnc3)c2C)cc1OC. The van der Waals surface area contributed by atoms with Crippen LogP contribution in [0, 0.1) is 13.8 Å². The van der Waals surface area contributed by atoms with Crippen molar-refractivity contribution in [3.63, 3.8) is 0 Å². The first kappa shape index (κ1) is 22.9. The second-order valence-corrected chi connectivity index (χ2v) is 8.71. The highest BCUT2D eigenvalue weighted by atomic mass is 16.5. The van der Waals surface area contributed by atoms with E-state index < -0.39 is 0 Å². The van der Waals surface area contributed by atoms with Gasteiger partial charge in [-0.25, -0.2) is 0 Å². The average Bonchev–Trinajstić information content (AvgIpc) is 3.16. The van der Waals surface area contributed by atoms with Crippen LogP contribution in [0.4, 0.5) is 0 Å². The van der Waals surface area contributed by atoms with Crippen molar-refractivity contribution < 1.29 is 14.3 Å². The highest BCUT2D eigenvalue weighted by Gasteiger charge is 2.29. The number of methoxy groups -OCH3 is 2. The Morgan fingerprint density at radius 1 is 1.09 bits per heavy atom. The Bertz CT molecular complexity index is 1110. The zero-order valence-electron chi connectivity index (χ0n) is 20.0. The molecule has 0 aliphatic carbocycles. The van der Waals surface area contributed by atoms with E-state index in [0.717, 1.165) is 72.8 Å². The van der Waals surface area contributed by atoms with Crippen LogP contribution in [0.1, 0.15) is 53.0 Å². The van der Waals surface area contributed by atoms with Gasteiger partial charge in [0, 0.05) is 30.2 Å². The third-order valence-corrected chi connectivity index (χ3v) is 6.67. The molecule has 0 spiro atoms. The van der Waals surface area contributed by atoms with Gasteiger partial charge in [0.05, 0.1) is 31.7 Å². The summed E-state index contributed by atoms with van der Waals surface area (Å²) in [6, 6.07) is 12.3. The van der Waals surface area contributed by atoms with Gasteiger partial charge in [0.1, 0.15) is 0 Å². The Morgan fingerprint density at radius 2 is 1.91 bits per heavy atom. The lowest BCUT2D eigenvalue weighted by Gasteiger charge is -2.36. The van der Waals surface area contributed by atoms with Gasteiger partial charge in [-0.2, -0.15) is 0 Å². The molecular weight excluding hydrogens is 414 g/mol. The molecule has 33 heavy (non-hydrogen) atoms. The molecule has 0 radical (unpaired) electrons. The number of benzene rings is 1. The minimum Gasteiger partial charge on any atom is -0.493 e. The summed E-state index contributed by atoms with van der Waals surface area (Å²) in [5, 5.41) is 0. The number of aromatic nitrogens is 2. The summed E-state index contributed by atoms with van der Waals surface area (Å²) < 4.78 is 12.9. The number of aryl methyl sites for hydroxylation is 2. The molecule has 4 rings (SSSR count). The third kappa shape index (κ3) is 4.75. The molecule has 0 N–H and O–H groups in total. The van der Waals surface area contributed by atoms with Gasteiger partial charge in [0.15, 0.2) is 11.5 Å². The van der Waals surface area contributed by atoms with E-state index in [4.69, 9.17) is 9.47 Å². The molecule has 6 heteroatoms. The summed E-state index contributed by atoms with van der Waals surface area (Å²) >= 11 is 0. The number of amides is 1. The molecule has 0 bridgehead atoms. The number of likely N-dealkylation sites (tertiary alicyclic amines) is 1. The van der Waals surface area contributed by atoms with Gasteiger partial charge in [0.25, 0.3) is 5.91 Å². The van der Waals surface area contributed by atoms with Crippen molar-refractivity contribution in [3.05, 3.63) is 71.3 Å². The van der Waals surface area contributed by atoms with Crippen LogP contribution in [0.2, 0.25) is 0 Å². The van der Waals surface area contributed by atoms with Crippen LogP contribution in [0.5, 0.6) is 11.5 Å². The van der Waals surface area contributed by atoms with Crippen molar-refractivity contribution in [1.29, 1.82) is 0 Å². The van der Waals surface area contributed by atoms with Crippen molar-refractivity contribution in [2.75, 3.05) is 20.8 Å². The molecular formula is C27H33N3O3. The Labute approximate surface area is 196 Å². The van der Waals surface area contributed by atoms with E-state index in [1.54, 1.807) is 20.4 Å². The van der Waals surface area contributed by atoms with Crippen LogP contribution >= 0.6 is 0 Å². The summed E-state index contributed by atoms with van der Waals surface area (Å²) in [5.41, 5.74) is 4.97. The molecule has 1 atom stereocenters.